The van der Waals surface area contributed by atoms with Crippen LogP contribution in [0.5, 0.6) is 0 Å². The molecule has 5 heteroatoms. The van der Waals surface area contributed by atoms with Gasteiger partial charge < -0.3 is 15.9 Å². The maximum absolute atomic E-state index is 10.8. The molecule has 2 atom stereocenters. The molecule has 0 bridgehead atoms. The molecule has 1 aromatic carbocycles. The van der Waals surface area contributed by atoms with Gasteiger partial charge >= 0.3 is 0 Å². The number of nitrogens with two attached hydrogens (primary N) is 1. The highest BCUT2D eigenvalue weighted by Crippen LogP contribution is 2.26. The second kappa shape index (κ2) is 6.22. The van der Waals surface area contributed by atoms with Gasteiger partial charge in [-0.3, -0.25) is 4.79 Å². The number of aryl methyl sites for hydroxylation is 2. The zero-order chi connectivity index (χ0) is 13.9. The average molecular weight is 269 g/mol. The molecule has 0 aromatic heterocycles. The molecule has 1 aromatic rings. The van der Waals surface area contributed by atoms with Crippen LogP contribution in [-0.4, -0.2) is 27.2 Å². The van der Waals surface area contributed by atoms with Gasteiger partial charge in [0.15, 0.2) is 5.12 Å². The summed E-state index contributed by atoms with van der Waals surface area (Å²) in [6, 6.07) is 3.52. The topological polar surface area (TPSA) is 83.5 Å². The van der Waals surface area contributed by atoms with Gasteiger partial charge in [-0.15, -0.1) is 0 Å². The average Bonchev–Trinajstić information content (AvgIpc) is 2.31. The first kappa shape index (κ1) is 15.0. The molecule has 0 aliphatic carbocycles. The number of carbonyl (C=O) groups excluding carboxylic acids is 1. The highest BCUT2D eigenvalue weighted by molar-refractivity contribution is 8.13. The molecule has 0 saturated heterocycles. The van der Waals surface area contributed by atoms with Crippen LogP contribution in [0.3, 0.4) is 0 Å². The summed E-state index contributed by atoms with van der Waals surface area (Å²) in [7, 11) is 0. The number of aliphatic hydroxyl groups excluding tert-OH is 2. The third-order valence-electron chi connectivity index (χ3n) is 2.78. The van der Waals surface area contributed by atoms with E-state index in [1.165, 1.54) is 6.92 Å². The van der Waals surface area contributed by atoms with Gasteiger partial charge in [0.1, 0.15) is 6.10 Å². The van der Waals surface area contributed by atoms with Crippen molar-refractivity contribution in [3.63, 3.8) is 0 Å². The van der Waals surface area contributed by atoms with E-state index in [1.807, 2.05) is 13.8 Å². The fourth-order valence-corrected chi connectivity index (χ4v) is 2.28. The molecule has 0 aliphatic rings. The lowest BCUT2D eigenvalue weighted by molar-refractivity contribution is -0.109. The highest BCUT2D eigenvalue weighted by Gasteiger charge is 2.20. The van der Waals surface area contributed by atoms with Crippen LogP contribution in [-0.2, 0) is 4.79 Å². The van der Waals surface area contributed by atoms with Crippen molar-refractivity contribution in [2.75, 3.05) is 11.5 Å². The Morgan fingerprint density at radius 3 is 2.28 bits per heavy atom. The summed E-state index contributed by atoms with van der Waals surface area (Å²) < 4.78 is 0. The Bertz CT molecular complexity index is 425. The summed E-state index contributed by atoms with van der Waals surface area (Å²) >= 11 is 1.00. The SMILES string of the molecule is CC(=O)SCC(O)C(O)c1cc(C)c(N)c(C)c1. The number of anilines is 1. The molecule has 1 rings (SSSR count). The summed E-state index contributed by atoms with van der Waals surface area (Å²) in [5.74, 6) is 0.180. The third-order valence-corrected chi connectivity index (χ3v) is 3.69. The predicted octanol–water partition coefficient (Wildman–Crippen LogP) is 1.56. The van der Waals surface area contributed by atoms with Crippen molar-refractivity contribution in [2.45, 2.75) is 33.0 Å². The first-order chi connectivity index (χ1) is 8.32. The van der Waals surface area contributed by atoms with Crippen molar-refractivity contribution in [3.05, 3.63) is 28.8 Å². The van der Waals surface area contributed by atoms with Crippen LogP contribution in [0, 0.1) is 13.8 Å². The molecule has 100 valence electrons. The van der Waals surface area contributed by atoms with Crippen molar-refractivity contribution in [3.8, 4) is 0 Å². The van der Waals surface area contributed by atoms with Crippen molar-refractivity contribution in [1.82, 2.24) is 0 Å². The van der Waals surface area contributed by atoms with Crippen LogP contribution in [0.15, 0.2) is 12.1 Å². The predicted molar refractivity (Wildman–Crippen MR) is 74.4 cm³/mol. The minimum Gasteiger partial charge on any atom is -0.398 e. The van der Waals surface area contributed by atoms with E-state index in [9.17, 15) is 15.0 Å². The van der Waals surface area contributed by atoms with Gasteiger partial charge in [-0.25, -0.2) is 0 Å². The van der Waals surface area contributed by atoms with Gasteiger partial charge in [0, 0.05) is 18.4 Å². The minimum atomic E-state index is -1.00. The normalized spacial score (nSPS) is 14.3. The standard InChI is InChI=1S/C13H19NO3S/c1-7-4-10(5-8(2)12(7)14)13(17)11(16)6-18-9(3)15/h4-5,11,13,16-17H,6,14H2,1-3H3. The van der Waals surface area contributed by atoms with E-state index in [2.05, 4.69) is 0 Å². The number of hydrogen-bond donors (Lipinski definition) is 3. The third kappa shape index (κ3) is 3.73. The van der Waals surface area contributed by atoms with Crippen molar-refractivity contribution in [1.29, 1.82) is 0 Å². The van der Waals surface area contributed by atoms with Crippen molar-refractivity contribution >= 4 is 22.6 Å². The van der Waals surface area contributed by atoms with E-state index in [1.54, 1.807) is 12.1 Å². The highest BCUT2D eigenvalue weighted by atomic mass is 32.2. The van der Waals surface area contributed by atoms with Gasteiger partial charge in [-0.2, -0.15) is 0 Å². The van der Waals surface area contributed by atoms with E-state index in [0.717, 1.165) is 22.9 Å². The summed E-state index contributed by atoms with van der Waals surface area (Å²) in [4.78, 5) is 10.8. The van der Waals surface area contributed by atoms with E-state index in [-0.39, 0.29) is 10.9 Å². The van der Waals surface area contributed by atoms with Crippen LogP contribution < -0.4 is 5.73 Å². The Kier molecular flexibility index (Phi) is 5.19. The summed E-state index contributed by atoms with van der Waals surface area (Å²) in [5, 5.41) is 19.8. The van der Waals surface area contributed by atoms with Crippen LogP contribution in [0.1, 0.15) is 29.7 Å². The Balaban J connectivity index is 2.83. The second-order valence-electron chi connectivity index (χ2n) is 4.38. The monoisotopic (exact) mass is 269 g/mol. The van der Waals surface area contributed by atoms with E-state index >= 15 is 0 Å². The van der Waals surface area contributed by atoms with E-state index < -0.39 is 12.2 Å². The summed E-state index contributed by atoms with van der Waals surface area (Å²) in [5.41, 5.74) is 8.89. The molecule has 0 spiro atoms. The number of carbonyl (C=O) groups is 1. The quantitative estimate of drug-likeness (QED) is 0.722. The molecule has 0 radical (unpaired) electrons. The molecular formula is C13H19NO3S. The number of nitrogen functional groups attached to an aromatic ring is 1. The lowest BCUT2D eigenvalue weighted by Gasteiger charge is -2.19. The first-order valence-corrected chi connectivity index (χ1v) is 6.67. The Morgan fingerprint density at radius 1 is 1.33 bits per heavy atom. The number of aliphatic hydroxyl groups is 2. The lowest BCUT2D eigenvalue weighted by atomic mass is 9.99. The minimum absolute atomic E-state index is 0.0779. The van der Waals surface area contributed by atoms with E-state index in [4.69, 9.17) is 5.73 Å². The molecule has 18 heavy (non-hydrogen) atoms. The molecule has 0 amide bonds. The second-order valence-corrected chi connectivity index (χ2v) is 5.58. The number of rotatable bonds is 4. The number of hydrogen-bond acceptors (Lipinski definition) is 5. The molecule has 0 fully saturated rings. The Labute approximate surface area is 111 Å². The summed E-state index contributed by atoms with van der Waals surface area (Å²) in [6.45, 7) is 5.14. The van der Waals surface area contributed by atoms with Gasteiger partial charge in [-0.05, 0) is 30.5 Å². The smallest absolute Gasteiger partial charge is 0.185 e. The first-order valence-electron chi connectivity index (χ1n) is 5.69. The number of thioether (sulfide) groups is 1. The maximum Gasteiger partial charge on any atom is 0.185 e. The number of benzene rings is 1. The largest absolute Gasteiger partial charge is 0.398 e. The fourth-order valence-electron chi connectivity index (χ4n) is 1.69. The molecule has 0 saturated carbocycles. The van der Waals surface area contributed by atoms with Crippen LogP contribution in [0.2, 0.25) is 0 Å². The molecule has 4 N–H and O–H groups in total. The lowest BCUT2D eigenvalue weighted by Crippen LogP contribution is -2.21. The molecular weight excluding hydrogens is 250 g/mol. The molecule has 0 heterocycles. The summed E-state index contributed by atoms with van der Waals surface area (Å²) in [6.07, 6.45) is -1.98. The van der Waals surface area contributed by atoms with E-state index in [0.29, 0.717) is 11.3 Å². The Morgan fingerprint density at radius 2 is 1.83 bits per heavy atom. The maximum atomic E-state index is 10.8. The van der Waals surface area contributed by atoms with Crippen LogP contribution >= 0.6 is 11.8 Å². The fraction of sp³-hybridized carbons (Fsp3) is 0.462. The van der Waals surface area contributed by atoms with Crippen LogP contribution in [0.4, 0.5) is 5.69 Å². The van der Waals surface area contributed by atoms with Crippen molar-refractivity contribution < 1.29 is 15.0 Å². The molecule has 2 unspecified atom stereocenters. The van der Waals surface area contributed by atoms with Gasteiger partial charge in [0.2, 0.25) is 0 Å². The molecule has 4 nitrogen and oxygen atoms in total. The molecule has 0 aliphatic heterocycles. The van der Waals surface area contributed by atoms with Crippen LogP contribution in [0.25, 0.3) is 0 Å². The van der Waals surface area contributed by atoms with Crippen molar-refractivity contribution in [2.24, 2.45) is 0 Å². The Hall–Kier alpha value is -1.04. The van der Waals surface area contributed by atoms with Gasteiger partial charge in [0.25, 0.3) is 0 Å². The zero-order valence-electron chi connectivity index (χ0n) is 10.8. The van der Waals surface area contributed by atoms with Gasteiger partial charge in [-0.1, -0.05) is 23.9 Å². The zero-order valence-corrected chi connectivity index (χ0v) is 11.6. The van der Waals surface area contributed by atoms with Gasteiger partial charge in [0.05, 0.1) is 6.10 Å².